The van der Waals surface area contributed by atoms with Crippen LogP contribution in [0.25, 0.3) is 0 Å². The summed E-state index contributed by atoms with van der Waals surface area (Å²) in [5.41, 5.74) is 0. The van der Waals surface area contributed by atoms with Crippen molar-refractivity contribution in [3.05, 3.63) is 0 Å². The summed E-state index contributed by atoms with van der Waals surface area (Å²) in [5, 5.41) is 221. The van der Waals surface area contributed by atoms with Crippen molar-refractivity contribution in [1.82, 2.24) is 0 Å². The van der Waals surface area contributed by atoms with Crippen LogP contribution in [0.4, 0.5) is 0 Å². The highest BCUT2D eigenvalue weighted by Gasteiger charge is 2.59. The predicted octanol–water partition coefficient (Wildman–Crippen LogP) is -14.7. The van der Waals surface area contributed by atoms with E-state index in [1.165, 1.54) is 0 Å². The molecule has 14 bridgehead atoms. The summed E-state index contributed by atoms with van der Waals surface area (Å²) < 4.78 is 85.1. The first-order valence-corrected chi connectivity index (χ1v) is 25.5. The Hall–Kier alpha value is -1.89. The Balaban J connectivity index is 1.09. The summed E-state index contributed by atoms with van der Waals surface area (Å²) in [7, 11) is 0. The maximum Gasteiger partial charge on any atom is 0.302 e. The van der Waals surface area contributed by atoms with E-state index in [0.29, 0.717) is 0 Å². The lowest BCUT2D eigenvalue weighted by Crippen LogP contribution is -2.68. The molecule has 21 aliphatic rings. The Morgan fingerprint density at radius 2 is 0.412 bits per heavy atom. The number of aliphatic hydroxyl groups excluding tert-OH is 20. The fourth-order valence-electron chi connectivity index (χ4n) is 10.6. The van der Waals surface area contributed by atoms with Crippen LogP contribution in [0.5, 0.6) is 0 Å². The molecule has 0 spiro atoms. The van der Waals surface area contributed by atoms with E-state index in [9.17, 15) is 107 Å². The number of rotatable bonds is 8. The second kappa shape index (κ2) is 27.2. The zero-order valence-corrected chi connectivity index (χ0v) is 42.1. The van der Waals surface area contributed by atoms with Gasteiger partial charge in [0.25, 0.3) is 0 Å². The van der Waals surface area contributed by atoms with E-state index in [0.717, 1.165) is 6.92 Å². The largest absolute Gasteiger partial charge is 0.463 e. The first-order valence-electron chi connectivity index (χ1n) is 25.5. The maximum atomic E-state index is 12.0. The molecule has 35 atom stereocenters. The highest BCUT2D eigenvalue weighted by atomic mass is 16.8. The normalized spacial score (nSPS) is 53.6. The molecule has 21 rings (SSSR count). The third-order valence-electron chi connectivity index (χ3n) is 15.1. The van der Waals surface area contributed by atoms with Gasteiger partial charge in [0, 0.05) is 6.92 Å². The second-order valence-corrected chi connectivity index (χ2v) is 20.3. The lowest BCUT2D eigenvalue weighted by molar-refractivity contribution is -0.396. The van der Waals surface area contributed by atoms with Gasteiger partial charge in [-0.05, 0) is 0 Å². The van der Waals surface area contributed by atoms with Gasteiger partial charge < -0.3 is 173 Å². The van der Waals surface area contributed by atoms with Crippen LogP contribution in [0.3, 0.4) is 0 Å². The third kappa shape index (κ3) is 12.8. The number of carbonyl (C=O) groups is 1. The van der Waals surface area contributed by atoms with E-state index >= 15 is 0 Å². The summed E-state index contributed by atoms with van der Waals surface area (Å²) in [6, 6.07) is 0. The van der Waals surface area contributed by atoms with Gasteiger partial charge in [0.15, 0.2) is 44.0 Å². The Kier molecular flexibility index (Phi) is 21.8. The summed E-state index contributed by atoms with van der Waals surface area (Å²) in [5.74, 6) is -0.917. The number of hydrogen-bond acceptors (Lipinski definition) is 36. The number of carbonyl (C=O) groups excluding carboxylic acids is 1. The SMILES string of the molecule is CC(=O)OCC1OC2OC3C(CO)OC(OC4C(CO)OC(OC5C(CO)OC(OC6C(CO)OC(OC7C(CO)OC(OC8C(CO)OC(OC1C(O)C2O)C(O)C8O)C(O)C7O)C(O)C6O)C(O)C5O)C(O)C4O)C(O)C3O. The smallest absolute Gasteiger partial charge is 0.302 e. The van der Waals surface area contributed by atoms with Crippen molar-refractivity contribution in [2.75, 3.05) is 46.2 Å². The van der Waals surface area contributed by atoms with Crippen LogP contribution in [0.1, 0.15) is 6.92 Å². The summed E-state index contributed by atoms with van der Waals surface area (Å²) in [6.45, 7) is -6.19. The minimum absolute atomic E-state index is 0.815. The highest BCUT2D eigenvalue weighted by molar-refractivity contribution is 5.65. The molecule has 36 heteroatoms. The van der Waals surface area contributed by atoms with Crippen LogP contribution < -0.4 is 0 Å². The van der Waals surface area contributed by atoms with Crippen molar-refractivity contribution in [1.29, 1.82) is 0 Å². The lowest BCUT2D eigenvalue weighted by atomic mass is 9.95. The van der Waals surface area contributed by atoms with Gasteiger partial charge in [0.2, 0.25) is 0 Å². The van der Waals surface area contributed by atoms with Gasteiger partial charge in [-0.25, -0.2) is 0 Å². The molecule has 0 aromatic carbocycles. The molecular weight excluding hydrogens is 1100 g/mol. The average molecular weight is 1180 g/mol. The standard InChI is InChI=1S/C44H72O36/c1-9(51)66-8-16-37-23(58)30(65)44(73-16)79-36-15(7-50)71-42(28(63)21(36)56)77-34-13(5-48)69-40(26(61)19(34)54)75-32-11(3-46)67-38(24(59)17(32)52)74-31-10(2-45)68-39(25(60)18(31)53)76-33-12(4-47)70-41(27(62)20(33)55)78-35-14(6-49)72-43(80-37)29(64)22(35)57/h10-50,52-65H,2-8H2,1H3. The van der Waals surface area contributed by atoms with Crippen LogP contribution in [0.2, 0.25) is 0 Å². The van der Waals surface area contributed by atoms with E-state index < -0.39 is 267 Å². The van der Waals surface area contributed by atoms with Crippen LogP contribution in [0, 0.1) is 0 Å². The van der Waals surface area contributed by atoms with Crippen molar-refractivity contribution in [3.8, 4) is 0 Å². The summed E-state index contributed by atoms with van der Waals surface area (Å²) in [6.07, 6.45) is -70.9. The van der Waals surface area contributed by atoms with Gasteiger partial charge >= 0.3 is 5.97 Å². The van der Waals surface area contributed by atoms with Gasteiger partial charge in [-0.1, -0.05) is 0 Å². The Morgan fingerprint density at radius 3 is 0.562 bits per heavy atom. The molecule has 0 aromatic heterocycles. The van der Waals surface area contributed by atoms with Gasteiger partial charge in [0.1, 0.15) is 178 Å². The van der Waals surface area contributed by atoms with Gasteiger partial charge in [-0.2, -0.15) is 0 Å². The molecule has 21 fully saturated rings. The fraction of sp³-hybridized carbons (Fsp3) is 0.977. The first-order chi connectivity index (χ1) is 38.0. The van der Waals surface area contributed by atoms with Crippen molar-refractivity contribution in [3.63, 3.8) is 0 Å². The zero-order chi connectivity index (χ0) is 58.3. The highest BCUT2D eigenvalue weighted by Crippen LogP contribution is 2.39. The first kappa shape index (κ1) is 64.1. The average Bonchev–Trinajstić information content (AvgIpc) is 3.57. The molecule has 0 aliphatic carbocycles. The number of hydrogen-bond donors (Lipinski definition) is 20. The zero-order valence-electron chi connectivity index (χ0n) is 42.1. The number of ether oxygens (including phenoxy) is 15. The van der Waals surface area contributed by atoms with Crippen molar-refractivity contribution in [2.24, 2.45) is 0 Å². The van der Waals surface area contributed by atoms with Gasteiger partial charge in [-0.15, -0.1) is 0 Å². The minimum atomic E-state index is -2.24. The van der Waals surface area contributed by atoms with E-state index in [-0.39, 0.29) is 0 Å². The van der Waals surface area contributed by atoms with Gasteiger partial charge in [0.05, 0.1) is 39.6 Å². The summed E-state index contributed by atoms with van der Waals surface area (Å²) >= 11 is 0. The van der Waals surface area contributed by atoms with Crippen LogP contribution in [-0.2, 0) is 75.8 Å². The molecule has 0 radical (unpaired) electrons. The Labute approximate surface area is 451 Å². The van der Waals surface area contributed by atoms with E-state index in [1.54, 1.807) is 0 Å². The molecule has 0 saturated carbocycles. The monoisotopic (exact) mass is 1180 g/mol. The maximum absolute atomic E-state index is 12.0. The second-order valence-electron chi connectivity index (χ2n) is 20.3. The molecule has 0 aromatic rings. The van der Waals surface area contributed by atoms with Crippen molar-refractivity contribution in [2.45, 2.75) is 222 Å². The molecule has 0 amide bonds. The Bertz CT molecular complexity index is 1930. The van der Waals surface area contributed by atoms with E-state index in [4.69, 9.17) is 71.1 Å². The van der Waals surface area contributed by atoms with Crippen LogP contribution in [-0.4, -0.2) is 369 Å². The lowest BCUT2D eigenvalue weighted by Gasteiger charge is -2.50. The topological polar surface area (TPSA) is 560 Å². The van der Waals surface area contributed by atoms with E-state index in [1.807, 2.05) is 0 Å². The number of esters is 1. The molecular formula is C44H72O36. The molecule has 35 unspecified atom stereocenters. The quantitative estimate of drug-likeness (QED) is 0.100. The minimum Gasteiger partial charge on any atom is -0.463 e. The van der Waals surface area contributed by atoms with E-state index in [2.05, 4.69) is 0 Å². The van der Waals surface area contributed by atoms with Crippen molar-refractivity contribution < 1.29 is 178 Å². The molecule has 20 N–H and O–H groups in total. The fourth-order valence-corrected chi connectivity index (χ4v) is 10.6. The van der Waals surface area contributed by atoms with Crippen LogP contribution >= 0.6 is 0 Å². The Morgan fingerprint density at radius 1 is 0.263 bits per heavy atom. The van der Waals surface area contributed by atoms with Gasteiger partial charge in [-0.3, -0.25) is 4.79 Å². The molecule has 464 valence electrons. The molecule has 36 nitrogen and oxygen atoms in total. The predicted molar refractivity (Wildman–Crippen MR) is 238 cm³/mol. The number of aliphatic hydroxyl groups is 20. The molecule has 21 aliphatic heterocycles. The molecule has 80 heavy (non-hydrogen) atoms. The molecule has 21 heterocycles. The van der Waals surface area contributed by atoms with Crippen molar-refractivity contribution >= 4 is 5.97 Å². The summed E-state index contributed by atoms with van der Waals surface area (Å²) in [4.78, 5) is 12.0. The molecule has 21 saturated heterocycles. The third-order valence-corrected chi connectivity index (χ3v) is 15.1. The van der Waals surface area contributed by atoms with Crippen LogP contribution in [0.15, 0.2) is 0 Å².